The zero-order valence-electron chi connectivity index (χ0n) is 9.94. The second kappa shape index (κ2) is 3.65. The molecule has 102 valence electrons. The number of alkyl halides is 3. The Kier molecular flexibility index (Phi) is 2.37. The van der Waals surface area contributed by atoms with Gasteiger partial charge >= 0.3 is 12.1 Å². The van der Waals surface area contributed by atoms with Crippen LogP contribution in [0.4, 0.5) is 13.2 Å². The second-order valence-corrected chi connectivity index (χ2v) is 5.29. The van der Waals surface area contributed by atoms with Crippen molar-refractivity contribution >= 4 is 5.91 Å². The summed E-state index contributed by atoms with van der Waals surface area (Å²) in [6, 6.07) is 6.48. The Bertz CT molecular complexity index is 526. The number of nitrogens with zero attached hydrogens (tertiary/aromatic N) is 1. The number of likely N-dealkylation sites (tertiary alicyclic amines) is 1. The van der Waals surface area contributed by atoms with Crippen molar-refractivity contribution in [1.82, 2.24) is 4.90 Å². The highest BCUT2D eigenvalue weighted by Crippen LogP contribution is 2.59. The van der Waals surface area contributed by atoms with Gasteiger partial charge in [0, 0.05) is 18.5 Å². The van der Waals surface area contributed by atoms with Crippen molar-refractivity contribution in [3.8, 4) is 5.75 Å². The Hall–Kier alpha value is -1.72. The molecule has 0 bridgehead atoms. The lowest BCUT2D eigenvalue weighted by molar-refractivity contribution is -0.184. The van der Waals surface area contributed by atoms with E-state index in [0.717, 1.165) is 16.9 Å². The Balaban J connectivity index is 1.80. The van der Waals surface area contributed by atoms with E-state index in [4.69, 9.17) is 0 Å². The molecule has 1 heterocycles. The molecule has 19 heavy (non-hydrogen) atoms. The van der Waals surface area contributed by atoms with Crippen LogP contribution >= 0.6 is 0 Å². The molecule has 6 heteroatoms. The summed E-state index contributed by atoms with van der Waals surface area (Å²) < 4.78 is 37.2. The van der Waals surface area contributed by atoms with E-state index in [-0.39, 0.29) is 30.2 Å². The maximum atomic E-state index is 12.4. The zero-order valence-corrected chi connectivity index (χ0v) is 9.94. The number of hydrogen-bond acceptors (Lipinski definition) is 2. The highest BCUT2D eigenvalue weighted by atomic mass is 19.4. The van der Waals surface area contributed by atoms with Crippen molar-refractivity contribution in [2.24, 2.45) is 5.92 Å². The van der Waals surface area contributed by atoms with Crippen molar-refractivity contribution in [3.63, 3.8) is 0 Å². The number of hydrogen-bond donors (Lipinski definition) is 1. The maximum absolute atomic E-state index is 12.4. The number of rotatable bonds is 1. The predicted octanol–water partition coefficient (Wildman–Crippen LogP) is 2.05. The summed E-state index contributed by atoms with van der Waals surface area (Å²) in [5.74, 6) is -1.53. The zero-order chi connectivity index (χ0) is 13.8. The molecule has 1 aliphatic heterocycles. The van der Waals surface area contributed by atoms with Crippen LogP contribution in [0.25, 0.3) is 0 Å². The largest absolute Gasteiger partial charge is 0.508 e. The third-order valence-corrected chi connectivity index (χ3v) is 4.12. The van der Waals surface area contributed by atoms with E-state index < -0.39 is 12.1 Å². The molecule has 1 N–H and O–H groups in total. The van der Waals surface area contributed by atoms with Gasteiger partial charge < -0.3 is 10.0 Å². The van der Waals surface area contributed by atoms with Crippen LogP contribution in [0, 0.1) is 5.92 Å². The number of phenols is 1. The van der Waals surface area contributed by atoms with Gasteiger partial charge in [0.1, 0.15) is 5.75 Å². The van der Waals surface area contributed by atoms with Gasteiger partial charge in [-0.2, -0.15) is 13.2 Å². The number of phenolic OH excluding ortho intramolecular Hbond substituents is 1. The molecule has 0 unspecified atom stereocenters. The smallest absolute Gasteiger partial charge is 0.471 e. The molecule has 2 aliphatic rings. The lowest BCUT2D eigenvalue weighted by atomic mass is 9.95. The standard InChI is InChI=1S/C13H12F3NO2/c14-13(15,16)11(19)17-6-9-5-12(9,7-17)8-1-3-10(18)4-2-8/h1-4,9,18H,5-7H2/t9-,12+/m0/s1. The van der Waals surface area contributed by atoms with Crippen LogP contribution in [0.15, 0.2) is 24.3 Å². The van der Waals surface area contributed by atoms with Crippen LogP contribution in [-0.4, -0.2) is 35.2 Å². The molecule has 0 aromatic heterocycles. The Labute approximate surface area is 107 Å². The summed E-state index contributed by atoms with van der Waals surface area (Å²) >= 11 is 0. The molecule has 1 amide bonds. The van der Waals surface area contributed by atoms with E-state index in [9.17, 15) is 23.1 Å². The molecule has 1 aromatic carbocycles. The van der Waals surface area contributed by atoms with Gasteiger partial charge in [0.2, 0.25) is 0 Å². The summed E-state index contributed by atoms with van der Waals surface area (Å²) in [6.45, 7) is 0.278. The average molecular weight is 271 g/mol. The number of benzene rings is 1. The fourth-order valence-electron chi connectivity index (χ4n) is 3.06. The fourth-order valence-corrected chi connectivity index (χ4v) is 3.06. The maximum Gasteiger partial charge on any atom is 0.471 e. The monoisotopic (exact) mass is 271 g/mol. The number of carbonyl (C=O) groups excluding carboxylic acids is 1. The molecule has 1 aliphatic carbocycles. The van der Waals surface area contributed by atoms with Gasteiger partial charge in [-0.3, -0.25) is 4.79 Å². The lowest BCUT2D eigenvalue weighted by Gasteiger charge is -2.22. The summed E-state index contributed by atoms with van der Waals surface area (Å²) in [5, 5.41) is 9.23. The average Bonchev–Trinajstić information content (AvgIpc) is 2.91. The number of amides is 1. The van der Waals surface area contributed by atoms with Gasteiger partial charge in [0.15, 0.2) is 0 Å². The first-order valence-electron chi connectivity index (χ1n) is 5.98. The normalized spacial score (nSPS) is 29.2. The predicted molar refractivity (Wildman–Crippen MR) is 60.5 cm³/mol. The molecular weight excluding hydrogens is 259 g/mol. The molecule has 1 saturated heterocycles. The van der Waals surface area contributed by atoms with Crippen molar-refractivity contribution in [1.29, 1.82) is 0 Å². The van der Waals surface area contributed by atoms with E-state index in [2.05, 4.69) is 0 Å². The first kappa shape index (κ1) is 12.3. The van der Waals surface area contributed by atoms with Crippen molar-refractivity contribution in [3.05, 3.63) is 29.8 Å². The topological polar surface area (TPSA) is 40.5 Å². The van der Waals surface area contributed by atoms with Gasteiger partial charge in [-0.15, -0.1) is 0 Å². The third kappa shape index (κ3) is 1.86. The molecule has 1 saturated carbocycles. The molecule has 3 rings (SSSR count). The minimum atomic E-state index is -4.80. The van der Waals surface area contributed by atoms with Crippen LogP contribution in [0.5, 0.6) is 5.75 Å². The van der Waals surface area contributed by atoms with E-state index in [1.165, 1.54) is 12.1 Å². The number of piperidine rings is 1. The minimum absolute atomic E-state index is 0.100. The number of aromatic hydroxyl groups is 1. The van der Waals surface area contributed by atoms with E-state index >= 15 is 0 Å². The molecule has 2 atom stereocenters. The summed E-state index contributed by atoms with van der Waals surface area (Å²) in [6.07, 6.45) is -3.99. The van der Waals surface area contributed by atoms with Crippen molar-refractivity contribution in [2.75, 3.05) is 13.1 Å². The summed E-state index contributed by atoms with van der Waals surface area (Å²) in [5.41, 5.74) is 0.557. The Morgan fingerprint density at radius 3 is 2.53 bits per heavy atom. The third-order valence-electron chi connectivity index (χ3n) is 4.12. The van der Waals surface area contributed by atoms with Gasteiger partial charge in [0.25, 0.3) is 0 Å². The number of halogens is 3. The van der Waals surface area contributed by atoms with Crippen LogP contribution in [0.1, 0.15) is 12.0 Å². The van der Waals surface area contributed by atoms with Gasteiger partial charge in [0.05, 0.1) is 0 Å². The first-order chi connectivity index (χ1) is 8.83. The van der Waals surface area contributed by atoms with E-state index in [0.29, 0.717) is 0 Å². The van der Waals surface area contributed by atoms with Crippen LogP contribution in [0.2, 0.25) is 0 Å². The Morgan fingerprint density at radius 1 is 1.32 bits per heavy atom. The van der Waals surface area contributed by atoms with Crippen LogP contribution in [0.3, 0.4) is 0 Å². The van der Waals surface area contributed by atoms with Gasteiger partial charge in [-0.25, -0.2) is 0 Å². The summed E-state index contributed by atoms with van der Waals surface area (Å²) in [7, 11) is 0. The Morgan fingerprint density at radius 2 is 1.95 bits per heavy atom. The van der Waals surface area contributed by atoms with Gasteiger partial charge in [-0.05, 0) is 30.0 Å². The van der Waals surface area contributed by atoms with Crippen LogP contribution in [-0.2, 0) is 10.2 Å². The SMILES string of the molecule is O=C(N1C[C@@H]2C[C@]2(c2ccc(O)cc2)C1)C(F)(F)F. The molecular formula is C13H12F3NO2. The second-order valence-electron chi connectivity index (χ2n) is 5.29. The van der Waals surface area contributed by atoms with Crippen molar-refractivity contribution in [2.45, 2.75) is 18.0 Å². The van der Waals surface area contributed by atoms with E-state index in [1.54, 1.807) is 12.1 Å². The van der Waals surface area contributed by atoms with Gasteiger partial charge in [-0.1, -0.05) is 12.1 Å². The quantitative estimate of drug-likeness (QED) is 0.849. The molecule has 3 nitrogen and oxygen atoms in total. The van der Waals surface area contributed by atoms with Crippen molar-refractivity contribution < 1.29 is 23.1 Å². The summed E-state index contributed by atoms with van der Waals surface area (Å²) in [4.78, 5) is 12.1. The minimum Gasteiger partial charge on any atom is -0.508 e. The lowest BCUT2D eigenvalue weighted by Crippen LogP contribution is -2.41. The number of fused-ring (bicyclic) bond motifs is 1. The molecule has 1 aromatic rings. The highest BCUT2D eigenvalue weighted by Gasteiger charge is 2.63. The molecule has 0 spiro atoms. The van der Waals surface area contributed by atoms with E-state index in [1.807, 2.05) is 0 Å². The highest BCUT2D eigenvalue weighted by molar-refractivity contribution is 5.82. The number of carbonyl (C=O) groups is 1. The fraction of sp³-hybridized carbons (Fsp3) is 0.462. The molecule has 2 fully saturated rings. The first-order valence-corrected chi connectivity index (χ1v) is 5.98. The molecule has 0 radical (unpaired) electrons. The van der Waals surface area contributed by atoms with Crippen LogP contribution < -0.4 is 0 Å².